The van der Waals surface area contributed by atoms with Crippen molar-refractivity contribution in [2.45, 2.75) is 38.8 Å². The van der Waals surface area contributed by atoms with Crippen LogP contribution >= 0.6 is 0 Å². The van der Waals surface area contributed by atoms with E-state index in [-0.39, 0.29) is 18.2 Å². The van der Waals surface area contributed by atoms with Crippen LogP contribution in [0.5, 0.6) is 0 Å². The Morgan fingerprint density at radius 1 is 1.20 bits per heavy atom. The minimum Gasteiger partial charge on any atom is -0.467 e. The van der Waals surface area contributed by atoms with E-state index in [1.807, 2.05) is 58.0 Å². The molecule has 20 heavy (non-hydrogen) atoms. The lowest BCUT2D eigenvalue weighted by molar-refractivity contribution is -0.155. The summed E-state index contributed by atoms with van der Waals surface area (Å²) in [7, 11) is 1.40. The second-order valence-corrected chi connectivity index (χ2v) is 5.69. The van der Waals surface area contributed by atoms with Crippen molar-refractivity contribution in [2.24, 2.45) is 0 Å². The minimum absolute atomic E-state index is 0.223. The molecule has 1 N–H and O–H groups in total. The molecule has 0 radical (unpaired) electrons. The normalized spacial score (nSPS) is 14.7. The molecule has 1 aromatic rings. The van der Waals surface area contributed by atoms with E-state index in [2.05, 4.69) is 5.32 Å². The van der Waals surface area contributed by atoms with Gasteiger partial charge in [-0.15, -0.1) is 0 Å². The SMILES string of the molecule is CCNC(COC(C)(C)C)(C(=O)OC)c1ccccc1. The highest BCUT2D eigenvalue weighted by Gasteiger charge is 2.42. The molecule has 1 rings (SSSR count). The van der Waals surface area contributed by atoms with Gasteiger partial charge < -0.3 is 9.47 Å². The van der Waals surface area contributed by atoms with E-state index in [1.54, 1.807) is 0 Å². The van der Waals surface area contributed by atoms with Crippen molar-refractivity contribution in [3.63, 3.8) is 0 Å². The Balaban J connectivity index is 3.18. The largest absolute Gasteiger partial charge is 0.467 e. The smallest absolute Gasteiger partial charge is 0.333 e. The Morgan fingerprint density at radius 2 is 1.80 bits per heavy atom. The maximum Gasteiger partial charge on any atom is 0.333 e. The third kappa shape index (κ3) is 4.05. The number of carbonyl (C=O) groups is 1. The van der Waals surface area contributed by atoms with E-state index >= 15 is 0 Å². The van der Waals surface area contributed by atoms with Crippen LogP contribution in [0, 0.1) is 0 Å². The Hall–Kier alpha value is -1.39. The van der Waals surface area contributed by atoms with Crippen LogP contribution in [0.15, 0.2) is 30.3 Å². The van der Waals surface area contributed by atoms with Crippen LogP contribution in [0.1, 0.15) is 33.3 Å². The number of rotatable bonds is 6. The van der Waals surface area contributed by atoms with Gasteiger partial charge in [0, 0.05) is 0 Å². The first-order chi connectivity index (χ1) is 9.35. The van der Waals surface area contributed by atoms with Gasteiger partial charge in [-0.25, -0.2) is 4.79 Å². The lowest BCUT2D eigenvalue weighted by Crippen LogP contribution is -2.54. The highest BCUT2D eigenvalue weighted by molar-refractivity contribution is 5.82. The van der Waals surface area contributed by atoms with Gasteiger partial charge in [0.05, 0.1) is 19.3 Å². The van der Waals surface area contributed by atoms with Gasteiger partial charge in [0.15, 0.2) is 5.54 Å². The number of carbonyl (C=O) groups excluding carboxylic acids is 1. The molecule has 0 aliphatic rings. The van der Waals surface area contributed by atoms with Gasteiger partial charge >= 0.3 is 5.97 Å². The number of likely N-dealkylation sites (N-methyl/N-ethyl adjacent to an activating group) is 1. The summed E-state index contributed by atoms with van der Waals surface area (Å²) >= 11 is 0. The number of methoxy groups -OCH3 is 1. The molecule has 4 heteroatoms. The predicted molar refractivity (Wildman–Crippen MR) is 79.5 cm³/mol. The number of ether oxygens (including phenoxy) is 2. The molecule has 0 spiro atoms. The van der Waals surface area contributed by atoms with E-state index in [4.69, 9.17) is 9.47 Å². The molecule has 4 nitrogen and oxygen atoms in total. The van der Waals surface area contributed by atoms with Crippen LogP contribution in [0.4, 0.5) is 0 Å². The van der Waals surface area contributed by atoms with Crippen molar-refractivity contribution in [1.29, 1.82) is 0 Å². The first-order valence-corrected chi connectivity index (χ1v) is 6.88. The lowest BCUT2D eigenvalue weighted by atomic mass is 9.90. The molecular weight excluding hydrogens is 254 g/mol. The number of hydrogen-bond acceptors (Lipinski definition) is 4. The maximum atomic E-state index is 12.4. The second-order valence-electron chi connectivity index (χ2n) is 5.69. The quantitative estimate of drug-likeness (QED) is 0.813. The van der Waals surface area contributed by atoms with Gasteiger partial charge in [-0.2, -0.15) is 0 Å². The number of nitrogens with one attached hydrogen (secondary N) is 1. The first-order valence-electron chi connectivity index (χ1n) is 6.88. The maximum absolute atomic E-state index is 12.4. The molecule has 0 aliphatic heterocycles. The fourth-order valence-corrected chi connectivity index (χ4v) is 2.01. The summed E-state index contributed by atoms with van der Waals surface area (Å²) in [6.45, 7) is 8.71. The van der Waals surface area contributed by atoms with Crippen molar-refractivity contribution >= 4 is 5.97 Å². The highest BCUT2D eigenvalue weighted by atomic mass is 16.5. The standard InChI is InChI=1S/C16H25NO3/c1-6-17-16(14(18)19-5,12-20-15(2,3)4)13-10-8-7-9-11-13/h7-11,17H,6,12H2,1-5H3. The summed E-state index contributed by atoms with van der Waals surface area (Å²) in [6, 6.07) is 9.54. The average molecular weight is 279 g/mol. The monoisotopic (exact) mass is 279 g/mol. The van der Waals surface area contributed by atoms with Crippen LogP contribution in [0.2, 0.25) is 0 Å². The van der Waals surface area contributed by atoms with Gasteiger partial charge in [0.25, 0.3) is 0 Å². The van der Waals surface area contributed by atoms with Gasteiger partial charge in [-0.3, -0.25) is 5.32 Å². The molecule has 0 aliphatic carbocycles. The molecule has 0 amide bonds. The molecule has 112 valence electrons. The Kier molecular flexibility index (Phi) is 5.72. The van der Waals surface area contributed by atoms with Crippen molar-refractivity contribution in [3.8, 4) is 0 Å². The molecule has 1 aromatic carbocycles. The van der Waals surface area contributed by atoms with Crippen molar-refractivity contribution in [1.82, 2.24) is 5.32 Å². The van der Waals surface area contributed by atoms with Crippen LogP contribution in [0.25, 0.3) is 0 Å². The zero-order valence-corrected chi connectivity index (χ0v) is 13.0. The predicted octanol–water partition coefficient (Wildman–Crippen LogP) is 2.48. The molecule has 0 heterocycles. The van der Waals surface area contributed by atoms with E-state index in [0.29, 0.717) is 6.54 Å². The lowest BCUT2D eigenvalue weighted by Gasteiger charge is -2.34. The summed E-state index contributed by atoms with van der Waals surface area (Å²) in [5.74, 6) is -0.338. The zero-order valence-electron chi connectivity index (χ0n) is 13.0. The molecule has 0 aromatic heterocycles. The fraction of sp³-hybridized carbons (Fsp3) is 0.562. The Labute approximate surface area is 121 Å². The first kappa shape index (κ1) is 16.7. The van der Waals surface area contributed by atoms with Crippen molar-refractivity contribution in [3.05, 3.63) is 35.9 Å². The Bertz CT molecular complexity index is 425. The van der Waals surface area contributed by atoms with Gasteiger partial charge in [-0.1, -0.05) is 37.3 Å². The third-order valence-corrected chi connectivity index (χ3v) is 3.00. The summed E-state index contributed by atoms with van der Waals surface area (Å²) in [5, 5.41) is 3.24. The summed E-state index contributed by atoms with van der Waals surface area (Å²) in [6.07, 6.45) is 0. The summed E-state index contributed by atoms with van der Waals surface area (Å²) in [4.78, 5) is 12.4. The molecule has 1 unspecified atom stereocenters. The zero-order chi connectivity index (χ0) is 15.2. The van der Waals surface area contributed by atoms with Crippen LogP contribution < -0.4 is 5.32 Å². The average Bonchev–Trinajstić information content (AvgIpc) is 2.42. The van der Waals surface area contributed by atoms with E-state index in [1.165, 1.54) is 7.11 Å². The number of benzene rings is 1. The number of esters is 1. The second kappa shape index (κ2) is 6.86. The highest BCUT2D eigenvalue weighted by Crippen LogP contribution is 2.25. The van der Waals surface area contributed by atoms with E-state index in [9.17, 15) is 4.79 Å². The van der Waals surface area contributed by atoms with Crippen LogP contribution in [0.3, 0.4) is 0 Å². The molecule has 0 bridgehead atoms. The molecular formula is C16H25NO3. The molecule has 0 saturated carbocycles. The summed E-state index contributed by atoms with van der Waals surface area (Å²) < 4.78 is 10.9. The number of hydrogen-bond donors (Lipinski definition) is 1. The third-order valence-electron chi connectivity index (χ3n) is 3.00. The van der Waals surface area contributed by atoms with Crippen molar-refractivity contribution in [2.75, 3.05) is 20.3 Å². The van der Waals surface area contributed by atoms with E-state index in [0.717, 1.165) is 5.56 Å². The van der Waals surface area contributed by atoms with Crippen LogP contribution in [-0.4, -0.2) is 31.8 Å². The molecule has 0 fully saturated rings. The molecule has 1 atom stereocenters. The van der Waals surface area contributed by atoms with Gasteiger partial charge in [0.1, 0.15) is 0 Å². The van der Waals surface area contributed by atoms with Crippen molar-refractivity contribution < 1.29 is 14.3 Å². The van der Waals surface area contributed by atoms with E-state index < -0.39 is 5.54 Å². The molecule has 0 saturated heterocycles. The topological polar surface area (TPSA) is 47.6 Å². The fourth-order valence-electron chi connectivity index (χ4n) is 2.01. The van der Waals surface area contributed by atoms with Gasteiger partial charge in [-0.05, 0) is 32.9 Å². The summed E-state index contributed by atoms with van der Waals surface area (Å²) in [5.41, 5.74) is -0.459. The minimum atomic E-state index is -0.974. The Morgan fingerprint density at radius 3 is 2.25 bits per heavy atom. The van der Waals surface area contributed by atoms with Crippen LogP contribution in [-0.2, 0) is 19.8 Å². The van der Waals surface area contributed by atoms with Gasteiger partial charge in [0.2, 0.25) is 0 Å².